The Morgan fingerprint density at radius 3 is 2.46 bits per heavy atom. The van der Waals surface area contributed by atoms with Gasteiger partial charge in [-0.05, 0) is 60.3 Å². The highest BCUT2D eigenvalue weighted by atomic mass is 19.3. The van der Waals surface area contributed by atoms with Gasteiger partial charge in [-0.1, -0.05) is 12.1 Å². The topological polar surface area (TPSA) is 138 Å². The first-order valence-corrected chi connectivity index (χ1v) is 11.8. The van der Waals surface area contributed by atoms with Gasteiger partial charge in [0.1, 0.15) is 12.0 Å². The number of fused-ring (bicyclic) bond motifs is 3. The molecule has 4 aromatic heterocycles. The van der Waals surface area contributed by atoms with Crippen LogP contribution in [-0.4, -0.2) is 31.2 Å². The van der Waals surface area contributed by atoms with E-state index in [-0.39, 0.29) is 11.5 Å². The Bertz CT molecular complexity index is 1860. The maximum Gasteiger partial charge on any atom is 0.586 e. The van der Waals surface area contributed by atoms with Crippen LogP contribution in [0.1, 0.15) is 5.56 Å². The third-order valence-corrected chi connectivity index (χ3v) is 6.48. The number of nitrogens with two attached hydrogens (primary N) is 2. The lowest BCUT2D eigenvalue weighted by molar-refractivity contribution is -0.286. The summed E-state index contributed by atoms with van der Waals surface area (Å²) in [6, 6.07) is 16.4. The second-order valence-electron chi connectivity index (χ2n) is 8.70. The van der Waals surface area contributed by atoms with Crippen molar-refractivity contribution in [1.29, 1.82) is 0 Å². The van der Waals surface area contributed by atoms with Crippen LogP contribution in [0.3, 0.4) is 0 Å². The van der Waals surface area contributed by atoms with Crippen LogP contribution in [-0.2, 0) is 0 Å². The fraction of sp³-hybridized carbons (Fsp3) is 0.0714. The van der Waals surface area contributed by atoms with E-state index in [0.717, 1.165) is 49.9 Å². The Kier molecular flexibility index (Phi) is 5.86. The largest absolute Gasteiger partial charge is 0.586 e. The van der Waals surface area contributed by atoms with Crippen molar-refractivity contribution in [2.45, 2.75) is 13.2 Å². The standard InChI is InChI=1S/C28H17F2N5O2.H4N2/c1-15-4-6-18-17(8-11-32-24(18)16-5-7-21-22(13-16)37-28(29,30)36-21)23(15)26-19(3-2-10-31-26)25-20-9-12-33-27(20)35-14-34-25;1-2/h2-14H,1H3,(H,33,34,35);1-2H2. The molecule has 0 bridgehead atoms. The number of H-pyrrole nitrogens is 1. The van der Waals surface area contributed by atoms with Gasteiger partial charge in [-0.25, -0.2) is 9.97 Å². The molecule has 6 aromatic rings. The fourth-order valence-electron chi connectivity index (χ4n) is 4.89. The average Bonchev–Trinajstić information content (AvgIpc) is 3.56. The van der Waals surface area contributed by atoms with Gasteiger partial charge < -0.3 is 14.5 Å². The molecule has 2 aromatic carbocycles. The number of rotatable bonds is 3. The number of aromatic amines is 1. The highest BCUT2D eigenvalue weighted by molar-refractivity contribution is 6.06. The Morgan fingerprint density at radius 2 is 1.59 bits per heavy atom. The van der Waals surface area contributed by atoms with Crippen LogP contribution >= 0.6 is 0 Å². The monoisotopic (exact) mass is 525 g/mol. The first-order chi connectivity index (χ1) is 19.0. The quantitative estimate of drug-likeness (QED) is 0.208. The Balaban J connectivity index is 0.00000135. The van der Waals surface area contributed by atoms with Gasteiger partial charge in [0.05, 0.1) is 17.1 Å². The van der Waals surface area contributed by atoms with Crippen molar-refractivity contribution in [3.63, 3.8) is 0 Å². The first kappa shape index (κ1) is 24.3. The number of hydrogen-bond donors (Lipinski definition) is 3. The van der Waals surface area contributed by atoms with Gasteiger partial charge in [-0.2, -0.15) is 0 Å². The third-order valence-electron chi connectivity index (χ3n) is 6.48. The predicted octanol–water partition coefficient (Wildman–Crippen LogP) is 5.35. The van der Waals surface area contributed by atoms with Crippen LogP contribution in [0.5, 0.6) is 11.5 Å². The molecule has 1 aliphatic rings. The number of alkyl halides is 2. The second-order valence-corrected chi connectivity index (χ2v) is 8.70. The van der Waals surface area contributed by atoms with Gasteiger partial charge in [0.2, 0.25) is 0 Å². The number of hydrazine groups is 1. The molecule has 0 saturated heterocycles. The highest BCUT2D eigenvalue weighted by Gasteiger charge is 2.43. The summed E-state index contributed by atoms with van der Waals surface area (Å²) in [5.74, 6) is 7.96. The van der Waals surface area contributed by atoms with Gasteiger partial charge in [0.25, 0.3) is 0 Å². The number of pyridine rings is 2. The predicted molar refractivity (Wildman–Crippen MR) is 143 cm³/mol. The van der Waals surface area contributed by atoms with Crippen molar-refractivity contribution >= 4 is 21.8 Å². The number of hydrogen-bond acceptors (Lipinski definition) is 8. The minimum atomic E-state index is -3.68. The number of ether oxygens (including phenoxy) is 2. The minimum absolute atomic E-state index is 0.00966. The molecule has 0 amide bonds. The van der Waals surface area contributed by atoms with Crippen molar-refractivity contribution in [1.82, 2.24) is 24.9 Å². The van der Waals surface area contributed by atoms with Crippen molar-refractivity contribution < 1.29 is 18.3 Å². The van der Waals surface area contributed by atoms with E-state index in [1.807, 2.05) is 49.5 Å². The first-order valence-electron chi connectivity index (χ1n) is 11.8. The van der Waals surface area contributed by atoms with E-state index in [1.165, 1.54) is 18.5 Å². The highest BCUT2D eigenvalue weighted by Crippen LogP contribution is 2.44. The summed E-state index contributed by atoms with van der Waals surface area (Å²) in [4.78, 5) is 21.4. The van der Waals surface area contributed by atoms with Crippen LogP contribution in [0.15, 0.2) is 79.5 Å². The van der Waals surface area contributed by atoms with Crippen molar-refractivity contribution in [2.75, 3.05) is 0 Å². The maximum atomic E-state index is 13.6. The molecule has 39 heavy (non-hydrogen) atoms. The lowest BCUT2D eigenvalue weighted by Gasteiger charge is -2.15. The SMILES string of the molecule is Cc1ccc2c(-c3ccc4c(c3)OC(F)(F)O4)nccc2c1-c1ncccc1-c1ncnc2[nH]ccc12.NN. The van der Waals surface area contributed by atoms with E-state index in [2.05, 4.69) is 41.1 Å². The summed E-state index contributed by atoms with van der Waals surface area (Å²) in [5, 5.41) is 2.67. The van der Waals surface area contributed by atoms with E-state index in [0.29, 0.717) is 11.3 Å². The summed E-state index contributed by atoms with van der Waals surface area (Å²) in [6.45, 7) is 2.03. The Hall–Kier alpha value is -5.00. The van der Waals surface area contributed by atoms with Crippen LogP contribution in [0.2, 0.25) is 0 Å². The van der Waals surface area contributed by atoms with Gasteiger partial charge in [0.15, 0.2) is 11.5 Å². The van der Waals surface area contributed by atoms with Gasteiger partial charge in [-0.3, -0.25) is 21.7 Å². The van der Waals surface area contributed by atoms with Crippen LogP contribution in [0.4, 0.5) is 8.78 Å². The minimum Gasteiger partial charge on any atom is -0.395 e. The summed E-state index contributed by atoms with van der Waals surface area (Å²) in [7, 11) is 0. The van der Waals surface area contributed by atoms with Crippen molar-refractivity contribution in [3.8, 4) is 45.3 Å². The molecular formula is C28H21F2N7O2. The molecule has 0 aliphatic carbocycles. The van der Waals surface area contributed by atoms with Crippen LogP contribution in [0, 0.1) is 6.92 Å². The maximum absolute atomic E-state index is 13.6. The molecule has 0 atom stereocenters. The lowest BCUT2D eigenvalue weighted by Crippen LogP contribution is -2.25. The normalized spacial score (nSPS) is 13.4. The lowest BCUT2D eigenvalue weighted by atomic mass is 9.92. The summed E-state index contributed by atoms with van der Waals surface area (Å²) in [5.41, 5.74) is 6.38. The average molecular weight is 526 g/mol. The Labute approximate surface area is 220 Å². The van der Waals surface area contributed by atoms with E-state index >= 15 is 0 Å². The summed E-state index contributed by atoms with van der Waals surface area (Å²) >= 11 is 0. The molecule has 0 radical (unpaired) electrons. The van der Waals surface area contributed by atoms with E-state index in [4.69, 9.17) is 4.98 Å². The third kappa shape index (κ3) is 4.10. The summed E-state index contributed by atoms with van der Waals surface area (Å²) in [6.07, 6.45) is 3.15. The molecular weight excluding hydrogens is 504 g/mol. The number of halogens is 2. The molecule has 0 unspecified atom stereocenters. The molecule has 11 heteroatoms. The number of aryl methyl sites for hydroxylation is 1. The molecule has 5 N–H and O–H groups in total. The molecule has 7 rings (SSSR count). The Morgan fingerprint density at radius 1 is 0.769 bits per heavy atom. The molecule has 0 fully saturated rings. The molecule has 194 valence electrons. The van der Waals surface area contributed by atoms with E-state index < -0.39 is 6.29 Å². The smallest absolute Gasteiger partial charge is 0.395 e. The van der Waals surface area contributed by atoms with Crippen LogP contribution in [0.25, 0.3) is 55.6 Å². The van der Waals surface area contributed by atoms with Gasteiger partial charge in [-0.15, -0.1) is 8.78 Å². The number of aromatic nitrogens is 5. The zero-order valence-electron chi connectivity index (χ0n) is 20.5. The van der Waals surface area contributed by atoms with Gasteiger partial charge >= 0.3 is 6.29 Å². The van der Waals surface area contributed by atoms with Crippen molar-refractivity contribution in [2.24, 2.45) is 11.7 Å². The molecule has 1 aliphatic heterocycles. The zero-order valence-corrected chi connectivity index (χ0v) is 20.5. The number of nitrogens with zero attached hydrogens (tertiary/aromatic N) is 4. The number of nitrogens with one attached hydrogen (secondary N) is 1. The number of benzene rings is 2. The second kappa shape index (κ2) is 9.39. The zero-order chi connectivity index (χ0) is 27.1. The van der Waals surface area contributed by atoms with Gasteiger partial charge in [0, 0.05) is 46.1 Å². The van der Waals surface area contributed by atoms with Crippen molar-refractivity contribution in [3.05, 3.63) is 85.1 Å². The summed E-state index contributed by atoms with van der Waals surface area (Å²) < 4.78 is 36.4. The van der Waals surface area contributed by atoms with E-state index in [1.54, 1.807) is 18.5 Å². The fourth-order valence-corrected chi connectivity index (χ4v) is 4.89. The van der Waals surface area contributed by atoms with E-state index in [9.17, 15) is 8.78 Å². The molecule has 0 spiro atoms. The molecule has 5 heterocycles. The van der Waals surface area contributed by atoms with Crippen LogP contribution < -0.4 is 21.2 Å². The molecule has 9 nitrogen and oxygen atoms in total. The molecule has 0 saturated carbocycles.